The van der Waals surface area contributed by atoms with E-state index in [1.54, 1.807) is 0 Å². The molecule has 4 nitrogen and oxygen atoms in total. The van der Waals surface area contributed by atoms with Gasteiger partial charge in [-0.05, 0) is 29.7 Å². The van der Waals surface area contributed by atoms with Crippen LogP contribution in [0.5, 0.6) is 5.75 Å². The third kappa shape index (κ3) is 3.75. The first kappa shape index (κ1) is 13.5. The lowest BCUT2D eigenvalue weighted by Gasteiger charge is -2.09. The number of cyclic esters (lactones) is 1. The average molecular weight is 283 g/mol. The predicted octanol–water partition coefficient (Wildman–Crippen LogP) is 2.92. The van der Waals surface area contributed by atoms with E-state index in [0.717, 1.165) is 23.3 Å². The summed E-state index contributed by atoms with van der Waals surface area (Å²) in [6.07, 6.45) is 0.438. The van der Waals surface area contributed by atoms with Crippen molar-refractivity contribution in [1.82, 2.24) is 5.32 Å². The molecule has 1 aliphatic rings. The first-order valence-electron chi connectivity index (χ1n) is 6.98. The van der Waals surface area contributed by atoms with E-state index in [2.05, 4.69) is 5.32 Å². The second kappa shape index (κ2) is 6.31. The van der Waals surface area contributed by atoms with Crippen molar-refractivity contribution in [2.75, 3.05) is 6.61 Å². The number of ether oxygens (including phenoxy) is 2. The van der Waals surface area contributed by atoms with E-state index in [4.69, 9.17) is 9.47 Å². The van der Waals surface area contributed by atoms with Crippen molar-refractivity contribution in [2.45, 2.75) is 19.1 Å². The summed E-state index contributed by atoms with van der Waals surface area (Å²) in [5.74, 6) is 0.842. The van der Waals surface area contributed by atoms with Gasteiger partial charge in [-0.3, -0.25) is 0 Å². The molecule has 1 fully saturated rings. The van der Waals surface area contributed by atoms with Crippen LogP contribution in [0.15, 0.2) is 54.6 Å². The molecule has 0 bridgehead atoms. The van der Waals surface area contributed by atoms with E-state index in [9.17, 15) is 4.79 Å². The Balaban J connectivity index is 1.53. The summed E-state index contributed by atoms with van der Waals surface area (Å²) in [5.41, 5.74) is 2.30. The number of rotatable bonds is 5. The monoisotopic (exact) mass is 283 g/mol. The maximum Gasteiger partial charge on any atom is 0.407 e. The first-order valence-corrected chi connectivity index (χ1v) is 6.98. The Morgan fingerprint density at radius 3 is 2.48 bits per heavy atom. The fraction of sp³-hybridized carbons (Fsp3) is 0.235. The molecule has 1 saturated heterocycles. The predicted molar refractivity (Wildman–Crippen MR) is 79.2 cm³/mol. The Morgan fingerprint density at radius 1 is 1.05 bits per heavy atom. The molecule has 4 heteroatoms. The highest BCUT2D eigenvalue weighted by Gasteiger charge is 2.21. The minimum atomic E-state index is -0.331. The van der Waals surface area contributed by atoms with E-state index >= 15 is 0 Å². The average Bonchev–Trinajstić information content (AvgIpc) is 2.93. The highest BCUT2D eigenvalue weighted by atomic mass is 16.6. The number of hydrogen-bond acceptors (Lipinski definition) is 3. The van der Waals surface area contributed by atoms with Gasteiger partial charge in [0.2, 0.25) is 0 Å². The molecule has 1 unspecified atom stereocenters. The number of hydrogen-bond donors (Lipinski definition) is 1. The Hall–Kier alpha value is -2.49. The summed E-state index contributed by atoms with van der Waals surface area (Å²) in [6, 6.07) is 18.1. The standard InChI is InChI=1S/C17H17NO3/c19-17-18-15(12-21-17)10-13-6-8-16(9-7-13)20-11-14-4-2-1-3-5-14/h1-9,15H,10-12H2,(H,18,19). The highest BCUT2D eigenvalue weighted by molar-refractivity contribution is 5.69. The molecule has 1 heterocycles. The fourth-order valence-corrected chi connectivity index (χ4v) is 2.28. The number of amides is 1. The van der Waals surface area contributed by atoms with Crippen molar-refractivity contribution in [3.05, 3.63) is 65.7 Å². The van der Waals surface area contributed by atoms with Crippen LogP contribution in [0.25, 0.3) is 0 Å². The zero-order valence-corrected chi connectivity index (χ0v) is 11.6. The van der Waals surface area contributed by atoms with Crippen LogP contribution < -0.4 is 10.1 Å². The van der Waals surface area contributed by atoms with Gasteiger partial charge in [-0.15, -0.1) is 0 Å². The van der Waals surface area contributed by atoms with Gasteiger partial charge >= 0.3 is 6.09 Å². The lowest BCUT2D eigenvalue weighted by molar-refractivity contribution is 0.177. The van der Waals surface area contributed by atoms with Gasteiger partial charge in [-0.25, -0.2) is 4.79 Å². The SMILES string of the molecule is O=C1NC(Cc2ccc(OCc3ccccc3)cc2)CO1. The highest BCUT2D eigenvalue weighted by Crippen LogP contribution is 2.16. The molecule has 1 N–H and O–H groups in total. The van der Waals surface area contributed by atoms with E-state index in [1.807, 2.05) is 54.6 Å². The first-order chi connectivity index (χ1) is 10.3. The number of alkyl carbamates (subject to hydrolysis) is 1. The molecule has 21 heavy (non-hydrogen) atoms. The Labute approximate surface area is 123 Å². The summed E-state index contributed by atoms with van der Waals surface area (Å²) < 4.78 is 10.6. The normalized spacial score (nSPS) is 17.1. The second-order valence-electron chi connectivity index (χ2n) is 5.06. The fourth-order valence-electron chi connectivity index (χ4n) is 2.28. The molecule has 0 aliphatic carbocycles. The smallest absolute Gasteiger partial charge is 0.407 e. The lowest BCUT2D eigenvalue weighted by atomic mass is 10.1. The van der Waals surface area contributed by atoms with Gasteiger partial charge in [-0.1, -0.05) is 42.5 Å². The van der Waals surface area contributed by atoms with Gasteiger partial charge in [0.1, 0.15) is 19.0 Å². The van der Waals surface area contributed by atoms with E-state index in [-0.39, 0.29) is 12.1 Å². The third-order valence-electron chi connectivity index (χ3n) is 3.39. The van der Waals surface area contributed by atoms with Crippen LogP contribution in [-0.4, -0.2) is 18.7 Å². The third-order valence-corrected chi connectivity index (χ3v) is 3.39. The van der Waals surface area contributed by atoms with Crippen molar-refractivity contribution < 1.29 is 14.3 Å². The number of carbonyl (C=O) groups is 1. The van der Waals surface area contributed by atoms with Crippen molar-refractivity contribution in [3.8, 4) is 5.75 Å². The van der Waals surface area contributed by atoms with Crippen LogP contribution in [0, 0.1) is 0 Å². The van der Waals surface area contributed by atoms with Crippen LogP contribution in [0.4, 0.5) is 4.79 Å². The summed E-state index contributed by atoms with van der Waals surface area (Å²) >= 11 is 0. The molecule has 0 aromatic heterocycles. The van der Waals surface area contributed by atoms with Crippen LogP contribution in [0.2, 0.25) is 0 Å². The molecular formula is C17H17NO3. The van der Waals surface area contributed by atoms with E-state index in [0.29, 0.717) is 13.2 Å². The van der Waals surface area contributed by atoms with Crippen LogP contribution in [0.3, 0.4) is 0 Å². The van der Waals surface area contributed by atoms with E-state index < -0.39 is 0 Å². The van der Waals surface area contributed by atoms with Gasteiger partial charge in [0.05, 0.1) is 6.04 Å². The molecule has 108 valence electrons. The van der Waals surface area contributed by atoms with Crippen molar-refractivity contribution in [2.24, 2.45) is 0 Å². The lowest BCUT2D eigenvalue weighted by Crippen LogP contribution is -2.28. The molecular weight excluding hydrogens is 266 g/mol. The Bertz CT molecular complexity index is 595. The minimum absolute atomic E-state index is 0.0635. The molecule has 0 saturated carbocycles. The summed E-state index contributed by atoms with van der Waals surface area (Å²) in [5, 5.41) is 2.77. The molecule has 0 spiro atoms. The summed E-state index contributed by atoms with van der Waals surface area (Å²) in [4.78, 5) is 11.0. The largest absolute Gasteiger partial charge is 0.489 e. The van der Waals surface area contributed by atoms with Crippen LogP contribution >= 0.6 is 0 Å². The second-order valence-corrected chi connectivity index (χ2v) is 5.06. The number of benzene rings is 2. The zero-order valence-electron chi connectivity index (χ0n) is 11.6. The Kier molecular flexibility index (Phi) is 4.05. The zero-order chi connectivity index (χ0) is 14.5. The molecule has 1 atom stereocenters. The maximum absolute atomic E-state index is 11.0. The van der Waals surface area contributed by atoms with Crippen LogP contribution in [0.1, 0.15) is 11.1 Å². The summed E-state index contributed by atoms with van der Waals surface area (Å²) in [7, 11) is 0. The quantitative estimate of drug-likeness (QED) is 0.917. The van der Waals surface area contributed by atoms with Gasteiger partial charge in [0, 0.05) is 0 Å². The van der Waals surface area contributed by atoms with Gasteiger partial charge < -0.3 is 14.8 Å². The molecule has 0 radical (unpaired) electrons. The molecule has 3 rings (SSSR count). The van der Waals surface area contributed by atoms with Gasteiger partial charge in [0.25, 0.3) is 0 Å². The molecule has 2 aromatic rings. The molecule has 1 amide bonds. The van der Waals surface area contributed by atoms with Gasteiger partial charge in [0.15, 0.2) is 0 Å². The van der Waals surface area contributed by atoms with Crippen LogP contribution in [-0.2, 0) is 17.8 Å². The Morgan fingerprint density at radius 2 is 1.81 bits per heavy atom. The number of carbonyl (C=O) groups excluding carboxylic acids is 1. The summed E-state index contributed by atoms with van der Waals surface area (Å²) in [6.45, 7) is 0.998. The van der Waals surface area contributed by atoms with Crippen molar-refractivity contribution in [1.29, 1.82) is 0 Å². The van der Waals surface area contributed by atoms with Crippen molar-refractivity contribution in [3.63, 3.8) is 0 Å². The maximum atomic E-state index is 11.0. The minimum Gasteiger partial charge on any atom is -0.489 e. The van der Waals surface area contributed by atoms with Crippen molar-refractivity contribution >= 4 is 6.09 Å². The van der Waals surface area contributed by atoms with E-state index in [1.165, 1.54) is 0 Å². The number of nitrogens with one attached hydrogen (secondary N) is 1. The topological polar surface area (TPSA) is 47.6 Å². The van der Waals surface area contributed by atoms with Gasteiger partial charge in [-0.2, -0.15) is 0 Å². The molecule has 2 aromatic carbocycles. The molecule has 1 aliphatic heterocycles.